The van der Waals surface area contributed by atoms with Crippen LogP contribution in [0.5, 0.6) is 0 Å². The number of benzene rings is 1. The van der Waals surface area contributed by atoms with Crippen LogP contribution in [0.4, 0.5) is 5.69 Å². The number of fused-ring (bicyclic) bond motifs is 1. The Morgan fingerprint density at radius 3 is 3.16 bits per heavy atom. The highest BCUT2D eigenvalue weighted by Gasteiger charge is 2.09. The Hall–Kier alpha value is -1.04. The molecule has 0 aliphatic carbocycles. The van der Waals surface area contributed by atoms with Gasteiger partial charge in [-0.25, -0.2) is 4.98 Å². The summed E-state index contributed by atoms with van der Waals surface area (Å²) in [5, 5.41) is 6.15. The van der Waals surface area contributed by atoms with Gasteiger partial charge in [0.15, 0.2) is 4.96 Å². The zero-order valence-electron chi connectivity index (χ0n) is 10.2. The van der Waals surface area contributed by atoms with Crippen LogP contribution in [-0.2, 0) is 6.54 Å². The predicted octanol–water partition coefficient (Wildman–Crippen LogP) is 4.73. The third-order valence-corrected chi connectivity index (χ3v) is 4.62. The SMILES string of the molecule is Cc1nc2sccn2c1CNc1cc(Cl)ccc1Br. The van der Waals surface area contributed by atoms with Crippen LogP contribution in [0.3, 0.4) is 0 Å². The smallest absolute Gasteiger partial charge is 0.194 e. The number of hydrogen-bond acceptors (Lipinski definition) is 3. The van der Waals surface area contributed by atoms with Gasteiger partial charge in [0, 0.05) is 21.1 Å². The van der Waals surface area contributed by atoms with Crippen molar-refractivity contribution in [3.8, 4) is 0 Å². The number of nitrogens with zero attached hydrogens (tertiary/aromatic N) is 2. The lowest BCUT2D eigenvalue weighted by Gasteiger charge is -2.09. The molecule has 0 atom stereocenters. The first-order valence-electron chi connectivity index (χ1n) is 5.75. The second kappa shape index (κ2) is 5.15. The fourth-order valence-electron chi connectivity index (χ4n) is 1.97. The molecule has 2 heterocycles. The molecule has 6 heteroatoms. The van der Waals surface area contributed by atoms with Crippen molar-refractivity contribution in [2.45, 2.75) is 13.5 Å². The molecule has 98 valence electrons. The molecule has 0 bridgehead atoms. The van der Waals surface area contributed by atoms with E-state index in [0.717, 1.165) is 25.8 Å². The fourth-order valence-corrected chi connectivity index (χ4v) is 3.30. The number of aromatic nitrogens is 2. The van der Waals surface area contributed by atoms with Gasteiger partial charge in [-0.2, -0.15) is 0 Å². The number of hydrogen-bond donors (Lipinski definition) is 1. The molecule has 2 aromatic heterocycles. The number of imidazole rings is 1. The molecule has 1 N–H and O–H groups in total. The van der Waals surface area contributed by atoms with E-state index in [1.165, 1.54) is 5.69 Å². The Kier molecular flexibility index (Phi) is 3.52. The molecular formula is C13H11BrClN3S. The van der Waals surface area contributed by atoms with Crippen LogP contribution in [-0.4, -0.2) is 9.38 Å². The van der Waals surface area contributed by atoms with Crippen molar-refractivity contribution < 1.29 is 0 Å². The van der Waals surface area contributed by atoms with Gasteiger partial charge >= 0.3 is 0 Å². The molecule has 0 aliphatic heterocycles. The van der Waals surface area contributed by atoms with Gasteiger partial charge < -0.3 is 5.32 Å². The molecule has 3 nitrogen and oxygen atoms in total. The van der Waals surface area contributed by atoms with E-state index in [9.17, 15) is 0 Å². The predicted molar refractivity (Wildman–Crippen MR) is 84.3 cm³/mol. The Bertz CT molecular complexity index is 735. The van der Waals surface area contributed by atoms with E-state index in [4.69, 9.17) is 11.6 Å². The molecule has 0 amide bonds. The minimum Gasteiger partial charge on any atom is -0.378 e. The van der Waals surface area contributed by atoms with Gasteiger partial charge in [-0.1, -0.05) is 11.6 Å². The Morgan fingerprint density at radius 2 is 2.32 bits per heavy atom. The minimum atomic E-state index is 0.711. The van der Waals surface area contributed by atoms with Gasteiger partial charge in [0.2, 0.25) is 0 Å². The first kappa shape index (κ1) is 13.0. The monoisotopic (exact) mass is 355 g/mol. The number of aryl methyl sites for hydroxylation is 1. The van der Waals surface area contributed by atoms with Crippen LogP contribution >= 0.6 is 38.9 Å². The van der Waals surface area contributed by atoms with Crippen LogP contribution in [0.25, 0.3) is 4.96 Å². The van der Waals surface area contributed by atoms with Gasteiger partial charge in [-0.3, -0.25) is 4.40 Å². The molecule has 3 rings (SSSR count). The van der Waals surface area contributed by atoms with E-state index in [2.05, 4.69) is 30.6 Å². The Morgan fingerprint density at radius 1 is 1.47 bits per heavy atom. The Balaban J connectivity index is 1.87. The number of halogens is 2. The summed E-state index contributed by atoms with van der Waals surface area (Å²) in [4.78, 5) is 5.56. The normalized spacial score (nSPS) is 11.1. The maximum atomic E-state index is 6.01. The van der Waals surface area contributed by atoms with Crippen molar-refractivity contribution in [3.05, 3.63) is 50.7 Å². The standard InChI is InChI=1S/C13H11BrClN3S/c1-8-12(18-4-5-19-13(18)17-8)7-16-11-6-9(15)2-3-10(11)14/h2-6,16H,7H2,1H3. The molecule has 0 aliphatic rings. The second-order valence-corrected chi connectivity index (χ2v) is 6.34. The van der Waals surface area contributed by atoms with Crippen molar-refractivity contribution in [1.29, 1.82) is 0 Å². The third kappa shape index (κ3) is 2.50. The first-order valence-corrected chi connectivity index (χ1v) is 7.80. The van der Waals surface area contributed by atoms with E-state index in [1.807, 2.05) is 36.7 Å². The molecular weight excluding hydrogens is 346 g/mol. The molecule has 0 saturated carbocycles. The maximum Gasteiger partial charge on any atom is 0.194 e. The van der Waals surface area contributed by atoms with Gasteiger partial charge in [-0.15, -0.1) is 11.3 Å². The summed E-state index contributed by atoms with van der Waals surface area (Å²) in [5.41, 5.74) is 3.21. The highest BCUT2D eigenvalue weighted by Crippen LogP contribution is 2.27. The van der Waals surface area contributed by atoms with Crippen LogP contribution in [0.2, 0.25) is 5.02 Å². The van der Waals surface area contributed by atoms with E-state index < -0.39 is 0 Å². The summed E-state index contributed by atoms with van der Waals surface area (Å²) in [6, 6.07) is 5.71. The van der Waals surface area contributed by atoms with Crippen LogP contribution in [0.1, 0.15) is 11.4 Å². The fraction of sp³-hybridized carbons (Fsp3) is 0.154. The molecule has 3 aromatic rings. The van der Waals surface area contributed by atoms with E-state index in [0.29, 0.717) is 6.54 Å². The van der Waals surface area contributed by atoms with Crippen molar-refractivity contribution in [1.82, 2.24) is 9.38 Å². The summed E-state index contributed by atoms with van der Waals surface area (Å²) in [5.74, 6) is 0. The molecule has 19 heavy (non-hydrogen) atoms. The molecule has 0 unspecified atom stereocenters. The van der Waals surface area contributed by atoms with Crippen LogP contribution in [0, 0.1) is 6.92 Å². The summed E-state index contributed by atoms with van der Waals surface area (Å²) in [7, 11) is 0. The summed E-state index contributed by atoms with van der Waals surface area (Å²) >= 11 is 11.2. The second-order valence-electron chi connectivity index (χ2n) is 4.18. The average molecular weight is 357 g/mol. The zero-order valence-corrected chi connectivity index (χ0v) is 13.3. The first-order chi connectivity index (χ1) is 9.15. The zero-order chi connectivity index (χ0) is 13.4. The number of rotatable bonds is 3. The molecule has 0 saturated heterocycles. The summed E-state index contributed by atoms with van der Waals surface area (Å²) in [6.45, 7) is 2.74. The summed E-state index contributed by atoms with van der Waals surface area (Å²) in [6.07, 6.45) is 2.05. The van der Waals surface area contributed by atoms with Gasteiger partial charge in [-0.05, 0) is 41.1 Å². The minimum absolute atomic E-state index is 0.711. The van der Waals surface area contributed by atoms with Crippen LogP contribution < -0.4 is 5.32 Å². The van der Waals surface area contributed by atoms with Gasteiger partial charge in [0.25, 0.3) is 0 Å². The lowest BCUT2D eigenvalue weighted by Crippen LogP contribution is -2.04. The van der Waals surface area contributed by atoms with Gasteiger partial charge in [0.05, 0.1) is 23.6 Å². The van der Waals surface area contributed by atoms with E-state index in [1.54, 1.807) is 11.3 Å². The number of thiazole rings is 1. The number of nitrogens with one attached hydrogen (secondary N) is 1. The van der Waals surface area contributed by atoms with Crippen molar-refractivity contribution in [3.63, 3.8) is 0 Å². The van der Waals surface area contributed by atoms with Crippen molar-refractivity contribution in [2.24, 2.45) is 0 Å². The van der Waals surface area contributed by atoms with E-state index >= 15 is 0 Å². The lowest BCUT2D eigenvalue weighted by atomic mass is 10.3. The lowest BCUT2D eigenvalue weighted by molar-refractivity contribution is 0.993. The van der Waals surface area contributed by atoms with Gasteiger partial charge in [0.1, 0.15) is 0 Å². The highest BCUT2D eigenvalue weighted by atomic mass is 79.9. The average Bonchev–Trinajstić information content (AvgIpc) is 2.92. The van der Waals surface area contributed by atoms with Crippen molar-refractivity contribution in [2.75, 3.05) is 5.32 Å². The Labute approximate surface area is 128 Å². The molecule has 0 fully saturated rings. The topological polar surface area (TPSA) is 29.3 Å². The molecule has 0 radical (unpaired) electrons. The van der Waals surface area contributed by atoms with Crippen LogP contribution in [0.15, 0.2) is 34.2 Å². The quantitative estimate of drug-likeness (QED) is 0.735. The van der Waals surface area contributed by atoms with Crippen molar-refractivity contribution >= 4 is 49.5 Å². The maximum absolute atomic E-state index is 6.01. The third-order valence-electron chi connectivity index (χ3n) is 2.94. The highest BCUT2D eigenvalue weighted by molar-refractivity contribution is 9.10. The number of anilines is 1. The van der Waals surface area contributed by atoms with E-state index in [-0.39, 0.29) is 0 Å². The molecule has 1 aromatic carbocycles. The summed E-state index contributed by atoms with van der Waals surface area (Å²) < 4.78 is 3.12. The largest absolute Gasteiger partial charge is 0.378 e. The molecule has 0 spiro atoms.